The summed E-state index contributed by atoms with van der Waals surface area (Å²) in [5.41, 5.74) is -1.05. The number of carbonyl (C=O) groups excluding carboxylic acids is 4. The Balaban J connectivity index is 1.59. The number of fused-ring (bicyclic) bond motifs is 1. The molecule has 0 radical (unpaired) electrons. The Kier molecular flexibility index (Phi) is 6.30. The van der Waals surface area contributed by atoms with Gasteiger partial charge in [-0.15, -0.1) is 0 Å². The molecule has 4 rings (SSSR count). The van der Waals surface area contributed by atoms with Crippen LogP contribution in [0.4, 0.5) is 22.0 Å². The molecule has 0 saturated carbocycles. The predicted molar refractivity (Wildman–Crippen MR) is 110 cm³/mol. The quantitative estimate of drug-likeness (QED) is 0.492. The van der Waals surface area contributed by atoms with Gasteiger partial charge in [0.15, 0.2) is 0 Å². The van der Waals surface area contributed by atoms with Gasteiger partial charge in [0, 0.05) is 17.5 Å². The van der Waals surface area contributed by atoms with E-state index in [0.29, 0.717) is 0 Å². The molecule has 1 saturated heterocycles. The van der Waals surface area contributed by atoms with Crippen molar-refractivity contribution < 1.29 is 41.1 Å². The average molecular weight is 495 g/mol. The van der Waals surface area contributed by atoms with E-state index in [1.807, 2.05) is 0 Å². The third kappa shape index (κ3) is 5.00. The fourth-order valence-electron chi connectivity index (χ4n) is 4.22. The summed E-state index contributed by atoms with van der Waals surface area (Å²) >= 11 is 0. The number of amides is 4. The van der Waals surface area contributed by atoms with Crippen molar-refractivity contribution in [3.8, 4) is 0 Å². The second kappa shape index (κ2) is 9.08. The number of hydrogen-bond acceptors (Lipinski definition) is 4. The van der Waals surface area contributed by atoms with Gasteiger partial charge in [0.25, 0.3) is 11.8 Å². The molecule has 2 aliphatic heterocycles. The van der Waals surface area contributed by atoms with Crippen LogP contribution in [-0.2, 0) is 16.1 Å². The molecule has 4 amide bonds. The van der Waals surface area contributed by atoms with Crippen LogP contribution in [0.15, 0.2) is 36.4 Å². The molecule has 7 nitrogen and oxygen atoms in total. The minimum atomic E-state index is -4.71. The number of halogens is 5. The van der Waals surface area contributed by atoms with Gasteiger partial charge >= 0.3 is 6.18 Å². The summed E-state index contributed by atoms with van der Waals surface area (Å²) in [6.07, 6.45) is -6.19. The molecule has 2 atom stereocenters. The Morgan fingerprint density at radius 1 is 1.14 bits per heavy atom. The lowest BCUT2D eigenvalue weighted by Gasteiger charge is -2.29. The van der Waals surface area contributed by atoms with Crippen LogP contribution in [0.2, 0.25) is 0 Å². The van der Waals surface area contributed by atoms with Crippen LogP contribution in [0.3, 0.4) is 0 Å². The van der Waals surface area contributed by atoms with E-state index >= 15 is 4.39 Å². The van der Waals surface area contributed by atoms with Crippen molar-refractivity contribution in [2.75, 3.05) is 0 Å². The maximum absolute atomic E-state index is 15.3. The van der Waals surface area contributed by atoms with Crippen LogP contribution in [0, 0.1) is 11.6 Å². The molecule has 12 heteroatoms. The fraction of sp³-hybridized carbons (Fsp3) is 0.304. The van der Waals surface area contributed by atoms with Crippen LogP contribution >= 0.6 is 0 Å². The van der Waals surface area contributed by atoms with Crippen LogP contribution in [0.25, 0.3) is 0 Å². The molecule has 0 aromatic heterocycles. The number of benzene rings is 2. The highest BCUT2D eigenvalue weighted by Gasteiger charge is 2.41. The molecular weight excluding hydrogens is 477 g/mol. The van der Waals surface area contributed by atoms with Gasteiger partial charge in [-0.05, 0) is 36.2 Å². The molecule has 0 spiro atoms. The molecule has 2 aromatic carbocycles. The average Bonchev–Trinajstić information content (AvgIpc) is 3.10. The SMILES string of the molecule is O=C1CCC(N2Cc3c(ccc(C(=O)NC(CC(F)(F)F)c4cccc(F)c4)c3F)C2=O)C(=O)N1. The Hall–Kier alpha value is -3.83. The molecule has 0 aliphatic carbocycles. The summed E-state index contributed by atoms with van der Waals surface area (Å²) in [5, 5.41) is 4.21. The lowest BCUT2D eigenvalue weighted by molar-refractivity contribution is -0.140. The Bertz CT molecular complexity index is 1230. The first kappa shape index (κ1) is 24.3. The van der Waals surface area contributed by atoms with E-state index < -0.39 is 65.5 Å². The van der Waals surface area contributed by atoms with Crippen molar-refractivity contribution in [3.05, 3.63) is 70.3 Å². The van der Waals surface area contributed by atoms with Gasteiger partial charge in [-0.1, -0.05) is 12.1 Å². The molecule has 2 aliphatic rings. The largest absolute Gasteiger partial charge is 0.391 e. The first-order chi connectivity index (χ1) is 16.4. The topological polar surface area (TPSA) is 95.6 Å². The maximum atomic E-state index is 15.3. The van der Waals surface area contributed by atoms with Crippen LogP contribution in [0.1, 0.15) is 57.1 Å². The van der Waals surface area contributed by atoms with Crippen molar-refractivity contribution >= 4 is 23.6 Å². The summed E-state index contributed by atoms with van der Waals surface area (Å²) in [6.45, 7) is -0.358. The smallest absolute Gasteiger partial charge is 0.345 e. The van der Waals surface area contributed by atoms with E-state index in [0.717, 1.165) is 29.2 Å². The first-order valence-electron chi connectivity index (χ1n) is 10.5. The third-order valence-corrected chi connectivity index (χ3v) is 5.89. The van der Waals surface area contributed by atoms with Gasteiger partial charge in [-0.25, -0.2) is 8.78 Å². The Morgan fingerprint density at radius 2 is 1.89 bits per heavy atom. The monoisotopic (exact) mass is 495 g/mol. The van der Waals surface area contributed by atoms with Crippen molar-refractivity contribution in [1.82, 2.24) is 15.5 Å². The van der Waals surface area contributed by atoms with Crippen molar-refractivity contribution in [2.45, 2.75) is 44.1 Å². The third-order valence-electron chi connectivity index (χ3n) is 5.89. The number of rotatable bonds is 5. The van der Waals surface area contributed by atoms with Gasteiger partial charge in [0.1, 0.15) is 17.7 Å². The van der Waals surface area contributed by atoms with E-state index in [1.54, 1.807) is 0 Å². The number of alkyl halides is 3. The second-order valence-electron chi connectivity index (χ2n) is 8.25. The predicted octanol–water partition coefficient (Wildman–Crippen LogP) is 3.15. The highest BCUT2D eigenvalue weighted by atomic mass is 19.4. The summed E-state index contributed by atoms with van der Waals surface area (Å²) in [7, 11) is 0. The van der Waals surface area contributed by atoms with Crippen molar-refractivity contribution in [3.63, 3.8) is 0 Å². The second-order valence-corrected chi connectivity index (χ2v) is 8.25. The summed E-state index contributed by atoms with van der Waals surface area (Å²) < 4.78 is 68.2. The van der Waals surface area contributed by atoms with Gasteiger partial charge in [-0.2, -0.15) is 13.2 Å². The van der Waals surface area contributed by atoms with Crippen LogP contribution in [-0.4, -0.2) is 40.7 Å². The van der Waals surface area contributed by atoms with Crippen LogP contribution in [0.5, 0.6) is 0 Å². The van der Waals surface area contributed by atoms with E-state index in [1.165, 1.54) is 12.1 Å². The molecule has 35 heavy (non-hydrogen) atoms. The minimum absolute atomic E-state index is 0.00660. The zero-order valence-electron chi connectivity index (χ0n) is 17.9. The van der Waals surface area contributed by atoms with Gasteiger partial charge < -0.3 is 10.2 Å². The maximum Gasteiger partial charge on any atom is 0.391 e. The highest BCUT2D eigenvalue weighted by Crippen LogP contribution is 2.33. The van der Waals surface area contributed by atoms with Crippen molar-refractivity contribution in [2.24, 2.45) is 0 Å². The number of nitrogens with one attached hydrogen (secondary N) is 2. The molecular formula is C23H18F5N3O4. The normalized spacial score (nSPS) is 18.8. The first-order valence-corrected chi connectivity index (χ1v) is 10.5. The van der Waals surface area contributed by atoms with E-state index in [4.69, 9.17) is 0 Å². The lowest BCUT2D eigenvalue weighted by atomic mass is 10.0. The zero-order chi connectivity index (χ0) is 25.5. The molecule has 0 bridgehead atoms. The van der Waals surface area contributed by atoms with Crippen LogP contribution < -0.4 is 10.6 Å². The number of nitrogens with zero attached hydrogens (tertiary/aromatic N) is 1. The number of imide groups is 1. The zero-order valence-corrected chi connectivity index (χ0v) is 17.9. The Morgan fingerprint density at radius 3 is 2.54 bits per heavy atom. The van der Waals surface area contributed by atoms with Crippen molar-refractivity contribution in [1.29, 1.82) is 0 Å². The molecule has 2 N–H and O–H groups in total. The summed E-state index contributed by atoms with van der Waals surface area (Å²) in [5.74, 6) is -4.98. The minimum Gasteiger partial charge on any atom is -0.345 e. The summed E-state index contributed by atoms with van der Waals surface area (Å²) in [6, 6.07) is 3.68. The standard InChI is InChI=1S/C23H18F5N3O4/c24-12-3-1-2-11(8-12)16(9-23(26,27)28)29-20(33)14-5-4-13-15(19(14)25)10-31(22(13)35)17-6-7-18(32)30-21(17)34/h1-5,8,16-17H,6-7,9-10H2,(H,29,33)(H,30,32,34). The van der Waals surface area contributed by atoms with E-state index in [2.05, 4.69) is 10.6 Å². The van der Waals surface area contributed by atoms with Gasteiger partial charge in [0.05, 0.1) is 24.6 Å². The number of carbonyl (C=O) groups is 4. The summed E-state index contributed by atoms with van der Waals surface area (Å²) in [4.78, 5) is 50.1. The van der Waals surface area contributed by atoms with Gasteiger partial charge in [0.2, 0.25) is 11.8 Å². The molecule has 2 unspecified atom stereocenters. The van der Waals surface area contributed by atoms with E-state index in [9.17, 15) is 36.7 Å². The molecule has 2 heterocycles. The highest BCUT2D eigenvalue weighted by molar-refractivity contribution is 6.06. The molecule has 184 valence electrons. The van der Waals surface area contributed by atoms with Gasteiger partial charge in [-0.3, -0.25) is 24.5 Å². The molecule has 1 fully saturated rings. The number of piperidine rings is 1. The van der Waals surface area contributed by atoms with E-state index in [-0.39, 0.29) is 36.1 Å². The molecule has 2 aromatic rings. The fourth-order valence-corrected chi connectivity index (χ4v) is 4.22. The Labute approximate surface area is 195 Å². The number of hydrogen-bond donors (Lipinski definition) is 2. The lowest BCUT2D eigenvalue weighted by Crippen LogP contribution is -2.52.